The summed E-state index contributed by atoms with van der Waals surface area (Å²) in [6.07, 6.45) is 0. The van der Waals surface area contributed by atoms with Crippen LogP contribution >= 0.6 is 11.3 Å². The van der Waals surface area contributed by atoms with E-state index in [0.717, 1.165) is 16.3 Å². The normalized spacial score (nSPS) is 10.3. The minimum Gasteiger partial charge on any atom is -0.484 e. The molecule has 0 saturated heterocycles. The molecular weight excluding hydrogens is 272 g/mol. The lowest BCUT2D eigenvalue weighted by Crippen LogP contribution is -2.28. The maximum absolute atomic E-state index is 11.7. The van der Waals surface area contributed by atoms with Crippen LogP contribution in [0.4, 0.5) is 0 Å². The van der Waals surface area contributed by atoms with Gasteiger partial charge < -0.3 is 10.1 Å². The maximum Gasteiger partial charge on any atom is 0.258 e. The van der Waals surface area contributed by atoms with Crippen LogP contribution in [0.25, 0.3) is 0 Å². The van der Waals surface area contributed by atoms with Gasteiger partial charge in [-0.3, -0.25) is 4.79 Å². The molecule has 106 valence electrons. The number of aryl methyl sites for hydroxylation is 3. The molecule has 0 atom stereocenters. The van der Waals surface area contributed by atoms with Crippen LogP contribution in [0.2, 0.25) is 0 Å². The largest absolute Gasteiger partial charge is 0.484 e. The van der Waals surface area contributed by atoms with Gasteiger partial charge in [0, 0.05) is 4.88 Å². The number of nitrogens with one attached hydrogen (secondary N) is 1. The summed E-state index contributed by atoms with van der Waals surface area (Å²) < 4.78 is 5.41. The smallest absolute Gasteiger partial charge is 0.258 e. The van der Waals surface area contributed by atoms with Crippen molar-refractivity contribution in [2.75, 3.05) is 6.61 Å². The van der Waals surface area contributed by atoms with Crippen LogP contribution in [0.5, 0.6) is 5.75 Å². The third-order valence-corrected chi connectivity index (χ3v) is 3.97. The zero-order chi connectivity index (χ0) is 14.5. The molecule has 2 rings (SSSR count). The Hall–Kier alpha value is -1.88. The van der Waals surface area contributed by atoms with Gasteiger partial charge in [0.15, 0.2) is 6.61 Å². The fourth-order valence-electron chi connectivity index (χ4n) is 1.62. The summed E-state index contributed by atoms with van der Waals surface area (Å²) in [5.74, 6) is 0.558. The molecule has 0 spiro atoms. The number of nitrogens with zero attached hydrogens (tertiary/aromatic N) is 1. The molecule has 20 heavy (non-hydrogen) atoms. The van der Waals surface area contributed by atoms with E-state index in [4.69, 9.17) is 4.74 Å². The molecule has 0 radical (unpaired) electrons. The van der Waals surface area contributed by atoms with Crippen LogP contribution in [0, 0.1) is 20.8 Å². The molecule has 1 aromatic heterocycles. The monoisotopic (exact) mass is 290 g/mol. The van der Waals surface area contributed by atoms with Gasteiger partial charge in [-0.2, -0.15) is 0 Å². The number of amides is 1. The van der Waals surface area contributed by atoms with Crippen molar-refractivity contribution in [2.24, 2.45) is 0 Å². The lowest BCUT2D eigenvalue weighted by molar-refractivity contribution is -0.123. The molecule has 0 bridgehead atoms. The number of aromatic nitrogens is 1. The number of ether oxygens (including phenoxy) is 1. The van der Waals surface area contributed by atoms with E-state index in [1.165, 1.54) is 4.88 Å². The average Bonchev–Trinajstić information content (AvgIpc) is 2.75. The predicted octanol–water partition coefficient (Wildman–Crippen LogP) is 2.76. The molecule has 1 amide bonds. The lowest BCUT2D eigenvalue weighted by Gasteiger charge is -2.06. The van der Waals surface area contributed by atoms with E-state index in [9.17, 15) is 4.79 Å². The summed E-state index contributed by atoms with van der Waals surface area (Å²) in [4.78, 5) is 17.2. The Kier molecular flexibility index (Phi) is 4.74. The van der Waals surface area contributed by atoms with Crippen molar-refractivity contribution in [1.29, 1.82) is 0 Å². The fraction of sp³-hybridized carbons (Fsp3) is 0.333. The van der Waals surface area contributed by atoms with Gasteiger partial charge >= 0.3 is 0 Å². The molecule has 1 heterocycles. The minimum absolute atomic E-state index is 0.0202. The number of benzene rings is 1. The number of carbonyl (C=O) groups excluding carboxylic acids is 1. The summed E-state index contributed by atoms with van der Waals surface area (Å²) in [6, 6.07) is 7.62. The van der Waals surface area contributed by atoms with Gasteiger partial charge in [-0.15, -0.1) is 11.3 Å². The van der Waals surface area contributed by atoms with Crippen LogP contribution in [0.3, 0.4) is 0 Å². The molecule has 0 unspecified atom stereocenters. The van der Waals surface area contributed by atoms with E-state index >= 15 is 0 Å². The standard InChI is InChI=1S/C15H18N2O2S/c1-10-4-6-13(7-5-10)19-9-14(18)16-8-15-17-11(2)12(3)20-15/h4-7H,8-9H2,1-3H3,(H,16,18). The van der Waals surface area contributed by atoms with Gasteiger partial charge in [0.05, 0.1) is 12.2 Å². The lowest BCUT2D eigenvalue weighted by atomic mass is 10.2. The van der Waals surface area contributed by atoms with Gasteiger partial charge in [0.1, 0.15) is 10.8 Å². The Labute approximate surface area is 122 Å². The zero-order valence-corrected chi connectivity index (χ0v) is 12.7. The SMILES string of the molecule is Cc1ccc(OCC(=O)NCc2nc(C)c(C)s2)cc1. The summed E-state index contributed by atoms with van der Waals surface area (Å²) in [5, 5.41) is 3.73. The fourth-order valence-corrected chi connectivity index (χ4v) is 2.50. The highest BCUT2D eigenvalue weighted by atomic mass is 32.1. The van der Waals surface area contributed by atoms with Crippen molar-refractivity contribution in [2.45, 2.75) is 27.3 Å². The molecule has 1 N–H and O–H groups in total. The Morgan fingerprint density at radius 3 is 2.55 bits per heavy atom. The molecule has 4 nitrogen and oxygen atoms in total. The first-order valence-electron chi connectivity index (χ1n) is 6.43. The number of thiazole rings is 1. The molecule has 0 fully saturated rings. The van der Waals surface area contributed by atoms with Crippen LogP contribution in [-0.2, 0) is 11.3 Å². The molecule has 0 aliphatic carbocycles. The van der Waals surface area contributed by atoms with Crippen molar-refractivity contribution in [3.8, 4) is 5.75 Å². The number of hydrogen-bond donors (Lipinski definition) is 1. The van der Waals surface area contributed by atoms with E-state index in [2.05, 4.69) is 10.3 Å². The second kappa shape index (κ2) is 6.52. The van der Waals surface area contributed by atoms with Crippen molar-refractivity contribution in [3.63, 3.8) is 0 Å². The quantitative estimate of drug-likeness (QED) is 0.921. The van der Waals surface area contributed by atoms with E-state index in [0.29, 0.717) is 12.3 Å². The first-order chi connectivity index (χ1) is 9.54. The van der Waals surface area contributed by atoms with Crippen LogP contribution in [0.15, 0.2) is 24.3 Å². The van der Waals surface area contributed by atoms with Crippen molar-refractivity contribution in [3.05, 3.63) is 45.4 Å². The van der Waals surface area contributed by atoms with Crippen molar-refractivity contribution >= 4 is 17.2 Å². The maximum atomic E-state index is 11.7. The van der Waals surface area contributed by atoms with Crippen LogP contribution < -0.4 is 10.1 Å². The van der Waals surface area contributed by atoms with Crippen molar-refractivity contribution < 1.29 is 9.53 Å². The highest BCUT2D eigenvalue weighted by Gasteiger charge is 2.06. The average molecular weight is 290 g/mol. The predicted molar refractivity (Wildman–Crippen MR) is 80.1 cm³/mol. The van der Waals surface area contributed by atoms with Gasteiger partial charge in [0.25, 0.3) is 5.91 Å². The summed E-state index contributed by atoms with van der Waals surface area (Å²) in [5.41, 5.74) is 2.19. The van der Waals surface area contributed by atoms with Gasteiger partial charge in [-0.05, 0) is 32.9 Å². The summed E-state index contributed by atoms with van der Waals surface area (Å²) in [7, 11) is 0. The highest BCUT2D eigenvalue weighted by molar-refractivity contribution is 7.11. The van der Waals surface area contributed by atoms with Crippen LogP contribution in [0.1, 0.15) is 21.1 Å². The topological polar surface area (TPSA) is 51.2 Å². The van der Waals surface area contributed by atoms with E-state index in [-0.39, 0.29) is 12.5 Å². The molecule has 1 aromatic carbocycles. The Balaban J connectivity index is 1.76. The van der Waals surface area contributed by atoms with E-state index < -0.39 is 0 Å². The highest BCUT2D eigenvalue weighted by Crippen LogP contribution is 2.16. The number of rotatable bonds is 5. The van der Waals surface area contributed by atoms with Gasteiger partial charge in [-0.25, -0.2) is 4.98 Å². The van der Waals surface area contributed by atoms with Gasteiger partial charge in [0.2, 0.25) is 0 Å². The van der Waals surface area contributed by atoms with Crippen molar-refractivity contribution in [1.82, 2.24) is 10.3 Å². The number of carbonyl (C=O) groups is 1. The Morgan fingerprint density at radius 1 is 1.25 bits per heavy atom. The van der Waals surface area contributed by atoms with Crippen LogP contribution in [-0.4, -0.2) is 17.5 Å². The number of hydrogen-bond acceptors (Lipinski definition) is 4. The Bertz CT molecular complexity index is 571. The molecule has 0 saturated carbocycles. The van der Waals surface area contributed by atoms with E-state index in [1.807, 2.05) is 45.0 Å². The van der Waals surface area contributed by atoms with Gasteiger partial charge in [-0.1, -0.05) is 17.7 Å². The molecule has 5 heteroatoms. The zero-order valence-electron chi connectivity index (χ0n) is 11.9. The molecule has 0 aliphatic heterocycles. The summed E-state index contributed by atoms with van der Waals surface area (Å²) >= 11 is 1.61. The second-order valence-electron chi connectivity index (χ2n) is 4.63. The molecule has 0 aliphatic rings. The minimum atomic E-state index is -0.143. The third kappa shape index (κ3) is 4.06. The molecular formula is C15H18N2O2S. The Morgan fingerprint density at radius 2 is 1.95 bits per heavy atom. The first kappa shape index (κ1) is 14.5. The summed E-state index contributed by atoms with van der Waals surface area (Å²) in [6.45, 7) is 6.48. The second-order valence-corrected chi connectivity index (χ2v) is 5.92. The molecule has 2 aromatic rings. The first-order valence-corrected chi connectivity index (χ1v) is 7.25. The van der Waals surface area contributed by atoms with E-state index in [1.54, 1.807) is 11.3 Å². The third-order valence-electron chi connectivity index (χ3n) is 2.90.